The Labute approximate surface area is 111 Å². The number of carbonyl (C=O) groups is 1. The molecule has 0 bridgehead atoms. The smallest absolute Gasteiger partial charge is 0.172 e. The first kappa shape index (κ1) is 13.3. The van der Waals surface area contributed by atoms with E-state index in [2.05, 4.69) is 0 Å². The van der Waals surface area contributed by atoms with Crippen LogP contribution in [0.3, 0.4) is 0 Å². The zero-order valence-corrected chi connectivity index (χ0v) is 10.7. The van der Waals surface area contributed by atoms with Gasteiger partial charge in [-0.05, 0) is 18.1 Å². The number of carbonyl (C=O) groups excluding carboxylic acids is 1. The van der Waals surface area contributed by atoms with Crippen molar-refractivity contribution >= 4 is 6.29 Å². The van der Waals surface area contributed by atoms with Crippen molar-refractivity contribution in [1.29, 1.82) is 0 Å². The van der Waals surface area contributed by atoms with E-state index in [1.807, 2.05) is 6.92 Å². The molecule has 0 atom stereocenters. The van der Waals surface area contributed by atoms with Gasteiger partial charge in [-0.2, -0.15) is 0 Å². The Hall–Kier alpha value is -2.16. The first-order valence-electron chi connectivity index (χ1n) is 6.23. The molecule has 0 N–H and O–H groups in total. The predicted molar refractivity (Wildman–Crippen MR) is 73.0 cm³/mol. The van der Waals surface area contributed by atoms with Crippen LogP contribution in [0.15, 0.2) is 42.5 Å². The van der Waals surface area contributed by atoms with Gasteiger partial charge in [0.2, 0.25) is 0 Å². The summed E-state index contributed by atoms with van der Waals surface area (Å²) in [5.41, 5.74) is 1.43. The molecule has 0 aromatic heterocycles. The molecule has 0 fully saturated rings. The molecule has 0 amide bonds. The lowest BCUT2D eigenvalue weighted by atomic mass is 10.00. The molecule has 0 saturated heterocycles. The van der Waals surface area contributed by atoms with Gasteiger partial charge in [0.05, 0.1) is 6.61 Å². The molecule has 0 unspecified atom stereocenters. The number of hydrogen-bond donors (Lipinski definition) is 0. The van der Waals surface area contributed by atoms with E-state index in [9.17, 15) is 9.18 Å². The second-order valence-electron chi connectivity index (χ2n) is 4.17. The van der Waals surface area contributed by atoms with Gasteiger partial charge in [-0.25, -0.2) is 4.39 Å². The topological polar surface area (TPSA) is 26.3 Å². The maximum Gasteiger partial charge on any atom is 0.172 e. The second kappa shape index (κ2) is 6.14. The Kier molecular flexibility index (Phi) is 4.29. The monoisotopic (exact) mass is 258 g/mol. The molecule has 2 aromatic carbocycles. The predicted octanol–water partition coefficient (Wildman–Crippen LogP) is 4.09. The molecule has 98 valence electrons. The number of rotatable bonds is 5. The van der Waals surface area contributed by atoms with E-state index in [0.29, 0.717) is 23.3 Å². The first-order chi connectivity index (χ1) is 9.27. The number of hydrogen-bond acceptors (Lipinski definition) is 2. The standard InChI is InChI=1S/C16H15FO2/c1-2-10-19-15-9-5-8-14(16(15)17)13-7-4-3-6-12(13)11-18/h3-9,11H,2,10H2,1H3. The van der Waals surface area contributed by atoms with Crippen molar-refractivity contribution in [3.63, 3.8) is 0 Å². The lowest BCUT2D eigenvalue weighted by molar-refractivity contribution is 0.112. The third-order valence-electron chi connectivity index (χ3n) is 2.80. The molecule has 0 aliphatic carbocycles. The van der Waals surface area contributed by atoms with Gasteiger partial charge in [0, 0.05) is 11.1 Å². The van der Waals surface area contributed by atoms with E-state index in [1.54, 1.807) is 42.5 Å². The van der Waals surface area contributed by atoms with Crippen LogP contribution in [0.25, 0.3) is 11.1 Å². The van der Waals surface area contributed by atoms with Gasteiger partial charge in [0.15, 0.2) is 17.9 Å². The lowest BCUT2D eigenvalue weighted by Gasteiger charge is -2.11. The van der Waals surface area contributed by atoms with Crippen molar-refractivity contribution in [1.82, 2.24) is 0 Å². The fraction of sp³-hybridized carbons (Fsp3) is 0.188. The molecule has 0 spiro atoms. The van der Waals surface area contributed by atoms with Crippen LogP contribution in [-0.2, 0) is 0 Å². The Bertz CT molecular complexity index is 579. The highest BCUT2D eigenvalue weighted by Crippen LogP contribution is 2.30. The molecule has 19 heavy (non-hydrogen) atoms. The van der Waals surface area contributed by atoms with Crippen LogP contribution in [-0.4, -0.2) is 12.9 Å². The Morgan fingerprint density at radius 1 is 1.11 bits per heavy atom. The van der Waals surface area contributed by atoms with Crippen LogP contribution in [0.4, 0.5) is 4.39 Å². The number of aldehydes is 1. The van der Waals surface area contributed by atoms with Gasteiger partial charge in [-0.3, -0.25) is 4.79 Å². The highest BCUT2D eigenvalue weighted by Gasteiger charge is 2.13. The highest BCUT2D eigenvalue weighted by atomic mass is 19.1. The summed E-state index contributed by atoms with van der Waals surface area (Å²) in [5, 5.41) is 0. The third-order valence-corrected chi connectivity index (χ3v) is 2.80. The zero-order chi connectivity index (χ0) is 13.7. The van der Waals surface area contributed by atoms with Crippen LogP contribution in [0, 0.1) is 5.82 Å². The number of halogens is 1. The van der Waals surface area contributed by atoms with Crippen LogP contribution in [0.5, 0.6) is 5.75 Å². The highest BCUT2D eigenvalue weighted by molar-refractivity contribution is 5.87. The van der Waals surface area contributed by atoms with Gasteiger partial charge in [-0.1, -0.05) is 43.3 Å². The molecular weight excluding hydrogens is 243 g/mol. The number of ether oxygens (including phenoxy) is 1. The van der Waals surface area contributed by atoms with E-state index in [4.69, 9.17) is 4.74 Å². The molecule has 3 heteroatoms. The molecule has 0 saturated carbocycles. The first-order valence-corrected chi connectivity index (χ1v) is 6.23. The van der Waals surface area contributed by atoms with Gasteiger partial charge < -0.3 is 4.74 Å². The van der Waals surface area contributed by atoms with Crippen molar-refractivity contribution in [2.24, 2.45) is 0 Å². The van der Waals surface area contributed by atoms with E-state index < -0.39 is 5.82 Å². The molecule has 0 aliphatic rings. The number of benzene rings is 2. The fourth-order valence-electron chi connectivity index (χ4n) is 1.89. The van der Waals surface area contributed by atoms with Crippen molar-refractivity contribution in [2.45, 2.75) is 13.3 Å². The average molecular weight is 258 g/mol. The summed E-state index contributed by atoms with van der Waals surface area (Å²) in [6, 6.07) is 11.9. The maximum absolute atomic E-state index is 14.4. The summed E-state index contributed by atoms with van der Waals surface area (Å²) in [4.78, 5) is 11.0. The largest absolute Gasteiger partial charge is 0.491 e. The van der Waals surface area contributed by atoms with E-state index >= 15 is 0 Å². The summed E-state index contributed by atoms with van der Waals surface area (Å²) < 4.78 is 19.7. The van der Waals surface area contributed by atoms with Crippen LogP contribution >= 0.6 is 0 Å². The zero-order valence-electron chi connectivity index (χ0n) is 10.7. The minimum atomic E-state index is -0.426. The van der Waals surface area contributed by atoms with Gasteiger partial charge in [0.25, 0.3) is 0 Å². The van der Waals surface area contributed by atoms with Crippen LogP contribution < -0.4 is 4.74 Å². The van der Waals surface area contributed by atoms with Gasteiger partial charge in [-0.15, -0.1) is 0 Å². The van der Waals surface area contributed by atoms with Gasteiger partial charge in [0.1, 0.15) is 0 Å². The average Bonchev–Trinajstić information content (AvgIpc) is 2.46. The van der Waals surface area contributed by atoms with E-state index in [1.165, 1.54) is 0 Å². The van der Waals surface area contributed by atoms with Gasteiger partial charge >= 0.3 is 0 Å². The second-order valence-corrected chi connectivity index (χ2v) is 4.17. The van der Waals surface area contributed by atoms with Crippen molar-refractivity contribution in [2.75, 3.05) is 6.61 Å². The fourth-order valence-corrected chi connectivity index (χ4v) is 1.89. The van der Waals surface area contributed by atoms with Crippen molar-refractivity contribution in [3.8, 4) is 16.9 Å². The van der Waals surface area contributed by atoms with E-state index in [0.717, 1.165) is 12.7 Å². The quantitative estimate of drug-likeness (QED) is 0.755. The molecule has 0 aliphatic heterocycles. The Morgan fingerprint density at radius 2 is 1.84 bits per heavy atom. The Morgan fingerprint density at radius 3 is 2.58 bits per heavy atom. The minimum absolute atomic E-state index is 0.222. The molecule has 2 nitrogen and oxygen atoms in total. The van der Waals surface area contributed by atoms with E-state index in [-0.39, 0.29) is 5.75 Å². The Balaban J connectivity index is 2.47. The third kappa shape index (κ3) is 2.81. The molecule has 2 rings (SSSR count). The summed E-state index contributed by atoms with van der Waals surface area (Å²) >= 11 is 0. The summed E-state index contributed by atoms with van der Waals surface area (Å²) in [6.45, 7) is 2.43. The van der Waals surface area contributed by atoms with Crippen LogP contribution in [0.1, 0.15) is 23.7 Å². The van der Waals surface area contributed by atoms with Crippen molar-refractivity contribution < 1.29 is 13.9 Å². The maximum atomic E-state index is 14.4. The molecule has 2 aromatic rings. The summed E-state index contributed by atoms with van der Waals surface area (Å²) in [6.07, 6.45) is 1.54. The molecular formula is C16H15FO2. The molecule has 0 heterocycles. The van der Waals surface area contributed by atoms with Crippen LogP contribution in [0.2, 0.25) is 0 Å². The lowest BCUT2D eigenvalue weighted by Crippen LogP contribution is -1.99. The minimum Gasteiger partial charge on any atom is -0.491 e. The normalized spacial score (nSPS) is 10.2. The SMILES string of the molecule is CCCOc1cccc(-c2ccccc2C=O)c1F. The van der Waals surface area contributed by atoms with Crippen molar-refractivity contribution in [3.05, 3.63) is 53.8 Å². The molecule has 0 radical (unpaired) electrons. The summed E-state index contributed by atoms with van der Waals surface area (Å²) in [5.74, 6) is -0.203. The summed E-state index contributed by atoms with van der Waals surface area (Å²) in [7, 11) is 0.